The highest BCUT2D eigenvalue weighted by atomic mass is 35.5. The Hall–Kier alpha value is -2.32. The summed E-state index contributed by atoms with van der Waals surface area (Å²) >= 11 is 6.22. The summed E-state index contributed by atoms with van der Waals surface area (Å²) in [6.45, 7) is 1.26. The maximum Gasteiger partial charge on any atom is 0.227 e. The minimum absolute atomic E-state index is 0.0665. The fourth-order valence-corrected chi connectivity index (χ4v) is 3.58. The largest absolute Gasteiger partial charge is 0.493 e. The molecule has 0 spiro atoms. The van der Waals surface area contributed by atoms with Crippen molar-refractivity contribution >= 4 is 17.5 Å². The summed E-state index contributed by atoms with van der Waals surface area (Å²) in [5.74, 6) is 1.76. The summed E-state index contributed by atoms with van der Waals surface area (Å²) in [7, 11) is 3.04. The highest BCUT2D eigenvalue weighted by molar-refractivity contribution is 6.32. The molecule has 0 saturated carbocycles. The summed E-state index contributed by atoms with van der Waals surface area (Å²) in [4.78, 5) is 18.6. The Morgan fingerprint density at radius 2 is 2.22 bits per heavy atom. The van der Waals surface area contributed by atoms with Crippen LogP contribution in [0.5, 0.6) is 11.5 Å². The van der Waals surface area contributed by atoms with Crippen LogP contribution in [0.4, 0.5) is 0 Å². The molecule has 2 heterocycles. The van der Waals surface area contributed by atoms with Crippen LogP contribution in [-0.2, 0) is 11.2 Å². The molecule has 0 unspecified atom stereocenters. The number of rotatable bonds is 7. The molecule has 1 aromatic heterocycles. The van der Waals surface area contributed by atoms with Crippen LogP contribution in [0.25, 0.3) is 11.4 Å². The van der Waals surface area contributed by atoms with Crippen molar-refractivity contribution in [2.24, 2.45) is 5.73 Å². The van der Waals surface area contributed by atoms with Crippen LogP contribution in [0.15, 0.2) is 16.7 Å². The van der Waals surface area contributed by atoms with Gasteiger partial charge >= 0.3 is 0 Å². The average molecular weight is 395 g/mol. The van der Waals surface area contributed by atoms with Crippen LogP contribution in [-0.4, -0.2) is 54.3 Å². The normalized spacial score (nSPS) is 16.6. The second-order valence-corrected chi connectivity index (χ2v) is 6.73. The Labute approximate surface area is 162 Å². The van der Waals surface area contributed by atoms with Gasteiger partial charge < -0.3 is 24.6 Å². The van der Waals surface area contributed by atoms with Crippen LogP contribution in [0.2, 0.25) is 5.02 Å². The third-order valence-corrected chi connectivity index (χ3v) is 4.96. The zero-order valence-corrected chi connectivity index (χ0v) is 16.2. The van der Waals surface area contributed by atoms with E-state index < -0.39 is 0 Å². The molecule has 3 rings (SSSR count). The van der Waals surface area contributed by atoms with Crippen molar-refractivity contribution in [1.29, 1.82) is 0 Å². The van der Waals surface area contributed by atoms with Gasteiger partial charge in [0, 0.05) is 37.5 Å². The highest BCUT2D eigenvalue weighted by Gasteiger charge is 2.27. The van der Waals surface area contributed by atoms with E-state index in [1.807, 2.05) is 4.90 Å². The van der Waals surface area contributed by atoms with Gasteiger partial charge in [-0.05, 0) is 25.0 Å². The summed E-state index contributed by atoms with van der Waals surface area (Å²) in [5.41, 5.74) is 6.37. The molecular weight excluding hydrogens is 372 g/mol. The average Bonchev–Trinajstić information content (AvgIpc) is 3.34. The van der Waals surface area contributed by atoms with Gasteiger partial charge in [-0.25, -0.2) is 0 Å². The molecule has 146 valence electrons. The van der Waals surface area contributed by atoms with Crippen molar-refractivity contribution in [3.8, 4) is 22.9 Å². The molecule has 1 aromatic carbocycles. The van der Waals surface area contributed by atoms with E-state index in [1.165, 1.54) is 14.2 Å². The van der Waals surface area contributed by atoms with Crippen molar-refractivity contribution in [2.75, 3.05) is 27.3 Å². The molecule has 1 aliphatic heterocycles. The molecule has 2 N–H and O–H groups in total. The van der Waals surface area contributed by atoms with Crippen molar-refractivity contribution < 1.29 is 18.8 Å². The second kappa shape index (κ2) is 8.58. The Kier molecular flexibility index (Phi) is 6.18. The lowest BCUT2D eigenvalue weighted by atomic mass is 10.2. The summed E-state index contributed by atoms with van der Waals surface area (Å²) in [6, 6.07) is 3.55. The van der Waals surface area contributed by atoms with Gasteiger partial charge in [0.15, 0.2) is 11.5 Å². The van der Waals surface area contributed by atoms with Crippen molar-refractivity contribution in [3.63, 3.8) is 0 Å². The van der Waals surface area contributed by atoms with Crippen LogP contribution in [0.1, 0.15) is 25.2 Å². The molecule has 1 aliphatic rings. The van der Waals surface area contributed by atoms with Gasteiger partial charge in [-0.3, -0.25) is 4.79 Å². The van der Waals surface area contributed by atoms with Gasteiger partial charge in [0.05, 0.1) is 19.2 Å². The third-order valence-electron chi connectivity index (χ3n) is 4.68. The van der Waals surface area contributed by atoms with Gasteiger partial charge in [0.25, 0.3) is 0 Å². The SMILES string of the molecule is COc1cc(-c2noc(CCC(=O)N3CCC[C@H]3CN)n2)cc(Cl)c1OC. The molecule has 1 fully saturated rings. The lowest BCUT2D eigenvalue weighted by Gasteiger charge is -2.23. The number of likely N-dealkylation sites (tertiary alicyclic amines) is 1. The maximum absolute atomic E-state index is 12.4. The standard InChI is InChI=1S/C18H23ClN4O4/c1-25-14-9-11(8-13(19)17(14)26-2)18-21-15(27-22-18)5-6-16(24)23-7-3-4-12(23)10-20/h8-9,12H,3-7,10,20H2,1-2H3/t12-/m0/s1. The molecule has 0 radical (unpaired) electrons. The fraction of sp³-hybridized carbons (Fsp3) is 0.500. The number of carbonyl (C=O) groups excluding carboxylic acids is 1. The lowest BCUT2D eigenvalue weighted by molar-refractivity contribution is -0.131. The van der Waals surface area contributed by atoms with E-state index in [4.69, 9.17) is 31.3 Å². The predicted molar refractivity (Wildman–Crippen MR) is 100.0 cm³/mol. The molecule has 9 heteroatoms. The first-order chi connectivity index (χ1) is 13.1. The number of amides is 1. The Balaban J connectivity index is 1.68. The first-order valence-electron chi connectivity index (χ1n) is 8.81. The first kappa shape index (κ1) is 19.4. The Bertz CT molecular complexity index is 811. The number of methoxy groups -OCH3 is 2. The Morgan fingerprint density at radius 3 is 2.93 bits per heavy atom. The molecule has 1 atom stereocenters. The van der Waals surface area contributed by atoms with E-state index in [0.717, 1.165) is 19.4 Å². The van der Waals surface area contributed by atoms with Crippen molar-refractivity contribution in [2.45, 2.75) is 31.7 Å². The number of aromatic nitrogens is 2. The van der Waals surface area contributed by atoms with E-state index in [9.17, 15) is 4.79 Å². The second-order valence-electron chi connectivity index (χ2n) is 6.32. The van der Waals surface area contributed by atoms with Crippen LogP contribution < -0.4 is 15.2 Å². The predicted octanol–water partition coefficient (Wildman–Crippen LogP) is 2.29. The Morgan fingerprint density at radius 1 is 1.41 bits per heavy atom. The van der Waals surface area contributed by atoms with E-state index in [1.54, 1.807) is 12.1 Å². The minimum atomic E-state index is 0.0665. The number of aryl methyl sites for hydroxylation is 1. The van der Waals surface area contributed by atoms with Crippen molar-refractivity contribution in [3.05, 3.63) is 23.0 Å². The monoisotopic (exact) mass is 394 g/mol. The van der Waals surface area contributed by atoms with Crippen molar-refractivity contribution in [1.82, 2.24) is 15.0 Å². The number of carbonyl (C=O) groups is 1. The number of hydrogen-bond acceptors (Lipinski definition) is 7. The number of benzene rings is 1. The lowest BCUT2D eigenvalue weighted by Crippen LogP contribution is -2.40. The van der Waals surface area contributed by atoms with Gasteiger partial charge in [-0.2, -0.15) is 4.98 Å². The number of nitrogens with two attached hydrogens (primary N) is 1. The summed E-state index contributed by atoms with van der Waals surface area (Å²) < 4.78 is 15.8. The quantitative estimate of drug-likeness (QED) is 0.768. The van der Waals surface area contributed by atoms with E-state index >= 15 is 0 Å². The van der Waals surface area contributed by atoms with Crippen LogP contribution in [0, 0.1) is 0 Å². The molecule has 1 saturated heterocycles. The van der Waals surface area contributed by atoms with Gasteiger partial charge in [0.2, 0.25) is 17.6 Å². The molecule has 27 heavy (non-hydrogen) atoms. The minimum Gasteiger partial charge on any atom is -0.493 e. The van der Waals surface area contributed by atoms with Gasteiger partial charge in [0.1, 0.15) is 0 Å². The zero-order chi connectivity index (χ0) is 19.4. The topological polar surface area (TPSA) is 104 Å². The number of ether oxygens (including phenoxy) is 2. The summed E-state index contributed by atoms with van der Waals surface area (Å²) in [6.07, 6.45) is 2.65. The highest BCUT2D eigenvalue weighted by Crippen LogP contribution is 2.38. The molecule has 2 aromatic rings. The number of halogens is 1. The van der Waals surface area contributed by atoms with Gasteiger partial charge in [-0.15, -0.1) is 0 Å². The fourth-order valence-electron chi connectivity index (χ4n) is 3.29. The molecule has 0 aliphatic carbocycles. The zero-order valence-electron chi connectivity index (χ0n) is 15.4. The maximum atomic E-state index is 12.4. The van der Waals surface area contributed by atoms with E-state index in [0.29, 0.717) is 53.2 Å². The van der Waals surface area contributed by atoms with Crippen LogP contribution in [0.3, 0.4) is 0 Å². The summed E-state index contributed by atoms with van der Waals surface area (Å²) in [5, 5.41) is 4.36. The molecule has 8 nitrogen and oxygen atoms in total. The van der Waals surface area contributed by atoms with Gasteiger partial charge in [-0.1, -0.05) is 16.8 Å². The smallest absolute Gasteiger partial charge is 0.227 e. The molecular formula is C18H23ClN4O4. The molecule has 0 bridgehead atoms. The number of nitrogens with zero attached hydrogens (tertiary/aromatic N) is 3. The van der Waals surface area contributed by atoms with Crippen LogP contribution >= 0.6 is 11.6 Å². The third kappa shape index (κ3) is 4.17. The first-order valence-corrected chi connectivity index (χ1v) is 9.19. The molecule has 1 amide bonds. The van der Waals surface area contributed by atoms with E-state index in [-0.39, 0.29) is 11.9 Å². The van der Waals surface area contributed by atoms with E-state index in [2.05, 4.69) is 10.1 Å². The number of hydrogen-bond donors (Lipinski definition) is 1.